The van der Waals surface area contributed by atoms with E-state index in [1.54, 1.807) is 11.6 Å². The van der Waals surface area contributed by atoms with Crippen LogP contribution >= 0.6 is 11.3 Å². The zero-order chi connectivity index (χ0) is 15.1. The number of rotatable bonds is 3. The largest absolute Gasteiger partial charge is 0.496 e. The SMILES string of the molecule is COc1ccccc1-c1nn2c(-c3cc(C)[nH]n3)nnc2s1. The number of nitrogens with zero attached hydrogens (tertiary/aromatic N) is 5. The van der Waals surface area contributed by atoms with Crippen molar-refractivity contribution >= 4 is 16.3 Å². The van der Waals surface area contributed by atoms with E-state index in [-0.39, 0.29) is 0 Å². The van der Waals surface area contributed by atoms with Crippen molar-refractivity contribution in [3.05, 3.63) is 36.0 Å². The molecule has 0 saturated heterocycles. The van der Waals surface area contributed by atoms with E-state index >= 15 is 0 Å². The number of aryl methyl sites for hydroxylation is 1. The Hall–Kier alpha value is -2.74. The average molecular weight is 312 g/mol. The third-order valence-corrected chi connectivity index (χ3v) is 4.20. The van der Waals surface area contributed by atoms with Gasteiger partial charge in [-0.05, 0) is 25.1 Å². The number of aromatic amines is 1. The lowest BCUT2D eigenvalue weighted by Gasteiger charge is -2.03. The second-order valence-corrected chi connectivity index (χ2v) is 5.72. The number of aromatic nitrogens is 6. The van der Waals surface area contributed by atoms with Crippen LogP contribution in [0.1, 0.15) is 5.69 Å². The van der Waals surface area contributed by atoms with Crippen molar-refractivity contribution in [1.82, 2.24) is 30.0 Å². The molecule has 4 aromatic rings. The van der Waals surface area contributed by atoms with Crippen LogP contribution in [0.2, 0.25) is 0 Å². The summed E-state index contributed by atoms with van der Waals surface area (Å²) >= 11 is 1.46. The Morgan fingerprint density at radius 2 is 2.09 bits per heavy atom. The molecule has 1 N–H and O–H groups in total. The van der Waals surface area contributed by atoms with Crippen LogP contribution in [0, 0.1) is 6.92 Å². The first-order valence-electron chi connectivity index (χ1n) is 6.64. The Labute approximate surface area is 129 Å². The zero-order valence-corrected chi connectivity index (χ0v) is 12.8. The Kier molecular flexibility index (Phi) is 2.90. The first-order chi connectivity index (χ1) is 10.8. The summed E-state index contributed by atoms with van der Waals surface area (Å²) in [6.07, 6.45) is 0. The van der Waals surface area contributed by atoms with Crippen LogP contribution in [-0.2, 0) is 0 Å². The monoisotopic (exact) mass is 312 g/mol. The van der Waals surface area contributed by atoms with E-state index in [0.29, 0.717) is 5.82 Å². The maximum atomic E-state index is 5.39. The molecule has 0 aliphatic rings. The lowest BCUT2D eigenvalue weighted by molar-refractivity contribution is 0.416. The molecular weight excluding hydrogens is 300 g/mol. The van der Waals surface area contributed by atoms with Gasteiger partial charge in [-0.3, -0.25) is 5.10 Å². The van der Waals surface area contributed by atoms with Gasteiger partial charge in [0.2, 0.25) is 10.8 Å². The lowest BCUT2D eigenvalue weighted by atomic mass is 10.2. The Bertz CT molecular complexity index is 953. The third-order valence-electron chi connectivity index (χ3n) is 3.26. The number of H-pyrrole nitrogens is 1. The number of hydrogen-bond acceptors (Lipinski definition) is 6. The first kappa shape index (κ1) is 13.0. The van der Waals surface area contributed by atoms with Crippen LogP contribution < -0.4 is 4.74 Å². The van der Waals surface area contributed by atoms with E-state index in [4.69, 9.17) is 4.74 Å². The molecule has 110 valence electrons. The van der Waals surface area contributed by atoms with Crippen LogP contribution in [0.25, 0.3) is 27.1 Å². The average Bonchev–Trinajstić information content (AvgIpc) is 3.22. The highest BCUT2D eigenvalue weighted by Gasteiger charge is 2.17. The summed E-state index contributed by atoms with van der Waals surface area (Å²) in [5.74, 6) is 1.40. The van der Waals surface area contributed by atoms with Crippen molar-refractivity contribution in [2.75, 3.05) is 7.11 Å². The standard InChI is InChI=1S/C14H12N6OS/c1-8-7-10(16-15-8)12-17-18-14-20(12)19-13(22-14)9-5-3-4-6-11(9)21-2/h3-7H,1-2H3,(H,15,16). The van der Waals surface area contributed by atoms with E-state index in [9.17, 15) is 0 Å². The smallest absolute Gasteiger partial charge is 0.235 e. The van der Waals surface area contributed by atoms with Gasteiger partial charge in [0.25, 0.3) is 0 Å². The molecule has 1 aromatic carbocycles. The van der Waals surface area contributed by atoms with Gasteiger partial charge in [-0.2, -0.15) is 14.7 Å². The van der Waals surface area contributed by atoms with E-state index < -0.39 is 0 Å². The summed E-state index contributed by atoms with van der Waals surface area (Å²) in [6.45, 7) is 1.94. The molecule has 3 aromatic heterocycles. The molecule has 7 nitrogen and oxygen atoms in total. The molecule has 0 saturated carbocycles. The van der Waals surface area contributed by atoms with Gasteiger partial charge in [0.15, 0.2) is 5.01 Å². The summed E-state index contributed by atoms with van der Waals surface area (Å²) in [4.78, 5) is 0.719. The number of para-hydroxylation sites is 1. The van der Waals surface area contributed by atoms with Gasteiger partial charge in [-0.15, -0.1) is 10.2 Å². The van der Waals surface area contributed by atoms with E-state index in [1.807, 2.05) is 37.3 Å². The summed E-state index contributed by atoms with van der Waals surface area (Å²) < 4.78 is 7.10. The Morgan fingerprint density at radius 3 is 2.86 bits per heavy atom. The minimum atomic E-state index is 0.622. The molecule has 0 fully saturated rings. The van der Waals surface area contributed by atoms with Crippen molar-refractivity contribution in [1.29, 1.82) is 0 Å². The molecular formula is C14H12N6OS. The minimum Gasteiger partial charge on any atom is -0.496 e. The first-order valence-corrected chi connectivity index (χ1v) is 7.46. The summed E-state index contributed by atoms with van der Waals surface area (Å²) in [7, 11) is 1.65. The second-order valence-electron chi connectivity index (χ2n) is 4.76. The normalized spacial score (nSPS) is 11.2. The van der Waals surface area contributed by atoms with Crippen molar-refractivity contribution < 1.29 is 4.74 Å². The fourth-order valence-electron chi connectivity index (χ4n) is 2.24. The van der Waals surface area contributed by atoms with Gasteiger partial charge in [-0.1, -0.05) is 23.5 Å². The van der Waals surface area contributed by atoms with Crippen LogP contribution in [0.15, 0.2) is 30.3 Å². The maximum Gasteiger partial charge on any atom is 0.235 e. The van der Waals surface area contributed by atoms with Gasteiger partial charge in [0.05, 0.1) is 12.7 Å². The van der Waals surface area contributed by atoms with Crippen LogP contribution in [0.5, 0.6) is 5.75 Å². The maximum absolute atomic E-state index is 5.39. The Morgan fingerprint density at radius 1 is 1.23 bits per heavy atom. The van der Waals surface area contributed by atoms with E-state index in [0.717, 1.165) is 32.7 Å². The molecule has 0 unspecified atom stereocenters. The number of fused-ring (bicyclic) bond motifs is 1. The zero-order valence-electron chi connectivity index (χ0n) is 11.9. The highest BCUT2D eigenvalue weighted by molar-refractivity contribution is 7.19. The van der Waals surface area contributed by atoms with Gasteiger partial charge in [-0.25, -0.2) is 0 Å². The fraction of sp³-hybridized carbons (Fsp3) is 0.143. The van der Waals surface area contributed by atoms with Crippen LogP contribution in [0.4, 0.5) is 0 Å². The highest BCUT2D eigenvalue weighted by atomic mass is 32.1. The number of methoxy groups -OCH3 is 1. The lowest BCUT2D eigenvalue weighted by Crippen LogP contribution is -1.92. The van der Waals surface area contributed by atoms with Crippen LogP contribution in [0.3, 0.4) is 0 Å². The molecule has 0 aliphatic carbocycles. The summed E-state index contributed by atoms with van der Waals surface area (Å²) in [5, 5.41) is 20.9. The van der Waals surface area contributed by atoms with E-state index in [2.05, 4.69) is 25.5 Å². The van der Waals surface area contributed by atoms with Crippen molar-refractivity contribution in [3.8, 4) is 27.8 Å². The van der Waals surface area contributed by atoms with Gasteiger partial charge in [0.1, 0.15) is 11.4 Å². The predicted molar refractivity (Wildman–Crippen MR) is 83.0 cm³/mol. The van der Waals surface area contributed by atoms with Crippen molar-refractivity contribution in [2.45, 2.75) is 6.92 Å². The molecule has 0 amide bonds. The number of benzene rings is 1. The number of ether oxygens (including phenoxy) is 1. The van der Waals surface area contributed by atoms with Gasteiger partial charge in [0, 0.05) is 5.69 Å². The third kappa shape index (κ3) is 1.96. The highest BCUT2D eigenvalue weighted by Crippen LogP contribution is 2.33. The van der Waals surface area contributed by atoms with Crippen molar-refractivity contribution in [3.63, 3.8) is 0 Å². The Balaban J connectivity index is 1.87. The molecule has 0 atom stereocenters. The quantitative estimate of drug-likeness (QED) is 0.629. The molecule has 4 rings (SSSR count). The van der Waals surface area contributed by atoms with Crippen molar-refractivity contribution in [2.24, 2.45) is 0 Å². The van der Waals surface area contributed by atoms with Gasteiger partial charge < -0.3 is 4.74 Å². The molecule has 8 heteroatoms. The second kappa shape index (κ2) is 4.92. The molecule has 0 bridgehead atoms. The molecule has 0 radical (unpaired) electrons. The van der Waals surface area contributed by atoms with Crippen LogP contribution in [-0.4, -0.2) is 37.1 Å². The molecule has 22 heavy (non-hydrogen) atoms. The minimum absolute atomic E-state index is 0.622. The predicted octanol–water partition coefficient (Wildman–Crippen LogP) is 2.56. The molecule has 0 aliphatic heterocycles. The number of hydrogen-bond donors (Lipinski definition) is 1. The van der Waals surface area contributed by atoms with Gasteiger partial charge >= 0.3 is 0 Å². The molecule has 3 heterocycles. The molecule has 0 spiro atoms. The number of nitrogens with one attached hydrogen (secondary N) is 1. The summed E-state index contributed by atoms with van der Waals surface area (Å²) in [5.41, 5.74) is 2.62. The topological polar surface area (TPSA) is 81.0 Å². The fourth-order valence-corrected chi connectivity index (χ4v) is 3.11. The van der Waals surface area contributed by atoms with E-state index in [1.165, 1.54) is 11.3 Å². The summed E-state index contributed by atoms with van der Waals surface area (Å²) in [6, 6.07) is 9.69.